The molecule has 6 heteroatoms. The molecule has 0 spiro atoms. The van der Waals surface area contributed by atoms with Crippen molar-refractivity contribution in [1.82, 2.24) is 10.7 Å². The Kier molecular flexibility index (Phi) is 8.83. The normalized spacial score (nSPS) is 10.4. The van der Waals surface area contributed by atoms with Crippen LogP contribution in [0.2, 0.25) is 0 Å². The molecule has 0 aromatic heterocycles. The number of rotatable bonds is 9. The quantitative estimate of drug-likeness (QED) is 0.305. The monoisotopic (exact) mass is 365 g/mol. The van der Waals surface area contributed by atoms with Gasteiger partial charge in [0.05, 0.1) is 6.21 Å². The predicted molar refractivity (Wildman–Crippen MR) is 91.6 cm³/mol. The highest BCUT2D eigenvalue weighted by Gasteiger charge is 2.02. The lowest BCUT2D eigenvalue weighted by Gasteiger charge is -2.02. The summed E-state index contributed by atoms with van der Waals surface area (Å²) in [6.45, 7) is 4.00. The van der Waals surface area contributed by atoms with E-state index in [4.69, 9.17) is 0 Å². The molecule has 118 valence electrons. The van der Waals surface area contributed by atoms with E-state index in [1.165, 1.54) is 0 Å². The fourth-order valence-electron chi connectivity index (χ4n) is 1.67. The van der Waals surface area contributed by atoms with Crippen molar-refractivity contribution >= 4 is 34.0 Å². The Balaban J connectivity index is 2.16. The summed E-state index contributed by atoms with van der Waals surface area (Å²) in [5.74, 6) is -0.175. The van der Waals surface area contributed by atoms with Gasteiger partial charge in [0, 0.05) is 23.9 Å². The van der Waals surface area contributed by atoms with E-state index < -0.39 is 0 Å². The smallest absolute Gasteiger partial charge is 0.240 e. The van der Waals surface area contributed by atoms with Crippen LogP contribution >= 0.6 is 15.9 Å². The Hall–Kier alpha value is -1.95. The minimum Gasteiger partial charge on any atom is -0.353 e. The van der Waals surface area contributed by atoms with Gasteiger partial charge in [-0.3, -0.25) is 9.59 Å². The van der Waals surface area contributed by atoms with Gasteiger partial charge >= 0.3 is 0 Å². The van der Waals surface area contributed by atoms with Crippen LogP contribution in [0, 0.1) is 0 Å². The number of hydrogen-bond donors (Lipinski definition) is 2. The lowest BCUT2D eigenvalue weighted by atomic mass is 10.2. The first kappa shape index (κ1) is 18.1. The summed E-state index contributed by atoms with van der Waals surface area (Å²) < 4.78 is 0.956. The molecule has 0 bridgehead atoms. The topological polar surface area (TPSA) is 70.6 Å². The van der Waals surface area contributed by atoms with Crippen LogP contribution in [0.1, 0.15) is 31.2 Å². The Morgan fingerprint density at radius 1 is 1.23 bits per heavy atom. The van der Waals surface area contributed by atoms with Crippen LogP contribution in [-0.4, -0.2) is 24.6 Å². The van der Waals surface area contributed by atoms with E-state index in [9.17, 15) is 9.59 Å². The zero-order valence-corrected chi connectivity index (χ0v) is 13.9. The third-order valence-corrected chi connectivity index (χ3v) is 3.25. The van der Waals surface area contributed by atoms with Crippen LogP contribution < -0.4 is 10.7 Å². The van der Waals surface area contributed by atoms with Gasteiger partial charge in [-0.25, -0.2) is 5.43 Å². The fraction of sp³-hybridized carbons (Fsp3) is 0.312. The number of amides is 2. The van der Waals surface area contributed by atoms with Crippen molar-refractivity contribution < 1.29 is 9.59 Å². The Morgan fingerprint density at radius 2 is 1.95 bits per heavy atom. The number of hydrogen-bond acceptors (Lipinski definition) is 3. The molecule has 0 aliphatic carbocycles. The molecule has 0 heterocycles. The first-order chi connectivity index (χ1) is 10.6. The second kappa shape index (κ2) is 10.7. The number of hydrazone groups is 1. The highest BCUT2D eigenvalue weighted by atomic mass is 79.9. The third kappa shape index (κ3) is 8.36. The van der Waals surface area contributed by atoms with Crippen molar-refractivity contribution in [2.45, 2.75) is 25.7 Å². The van der Waals surface area contributed by atoms with Crippen LogP contribution in [0.5, 0.6) is 0 Å². The molecule has 0 aliphatic heterocycles. The Morgan fingerprint density at radius 3 is 2.64 bits per heavy atom. The van der Waals surface area contributed by atoms with Crippen molar-refractivity contribution in [3.05, 3.63) is 47.0 Å². The number of carbonyl (C=O) groups is 2. The molecule has 1 aromatic rings. The summed E-state index contributed by atoms with van der Waals surface area (Å²) in [6.07, 6.45) is 5.32. The van der Waals surface area contributed by atoms with Gasteiger partial charge in [-0.2, -0.15) is 5.10 Å². The largest absolute Gasteiger partial charge is 0.353 e. The summed E-state index contributed by atoms with van der Waals surface area (Å²) in [4.78, 5) is 22.9. The van der Waals surface area contributed by atoms with E-state index in [2.05, 4.69) is 38.4 Å². The molecule has 0 unspecified atom stereocenters. The average molecular weight is 366 g/mol. The molecule has 0 radical (unpaired) electrons. The predicted octanol–water partition coefficient (Wildman–Crippen LogP) is 2.76. The first-order valence-electron chi connectivity index (χ1n) is 7.07. The Labute approximate surface area is 139 Å². The highest BCUT2D eigenvalue weighted by molar-refractivity contribution is 9.10. The SMILES string of the molecule is C=CCNC(=O)CCCCC(=O)NN=Cc1cccc(Br)c1. The molecule has 0 fully saturated rings. The summed E-state index contributed by atoms with van der Waals surface area (Å²) in [5.41, 5.74) is 3.37. The number of nitrogens with zero attached hydrogens (tertiary/aromatic N) is 1. The molecule has 0 saturated carbocycles. The van der Waals surface area contributed by atoms with E-state index in [-0.39, 0.29) is 11.8 Å². The minimum atomic E-state index is -0.155. The molecular weight excluding hydrogens is 346 g/mol. The zero-order valence-electron chi connectivity index (χ0n) is 12.3. The molecule has 22 heavy (non-hydrogen) atoms. The zero-order chi connectivity index (χ0) is 16.2. The van der Waals surface area contributed by atoms with Gasteiger partial charge in [-0.1, -0.05) is 34.1 Å². The van der Waals surface area contributed by atoms with Gasteiger partial charge in [0.15, 0.2) is 0 Å². The maximum atomic E-state index is 11.6. The number of benzene rings is 1. The summed E-state index contributed by atoms with van der Waals surface area (Å²) in [7, 11) is 0. The molecule has 5 nitrogen and oxygen atoms in total. The minimum absolute atomic E-state index is 0.0204. The number of nitrogens with one attached hydrogen (secondary N) is 2. The van der Waals surface area contributed by atoms with Gasteiger partial charge in [0.1, 0.15) is 0 Å². The number of carbonyl (C=O) groups excluding carboxylic acids is 2. The molecule has 1 aromatic carbocycles. The molecule has 0 aliphatic rings. The molecule has 1 rings (SSSR count). The Bertz CT molecular complexity index is 544. The fourth-order valence-corrected chi connectivity index (χ4v) is 2.08. The second-order valence-corrected chi connectivity index (χ2v) is 5.56. The first-order valence-corrected chi connectivity index (χ1v) is 7.86. The van der Waals surface area contributed by atoms with Crippen molar-refractivity contribution in [2.24, 2.45) is 5.10 Å². The number of unbranched alkanes of at least 4 members (excludes halogenated alkanes) is 1. The van der Waals surface area contributed by atoms with E-state index in [1.54, 1.807) is 12.3 Å². The second-order valence-electron chi connectivity index (χ2n) is 4.65. The van der Waals surface area contributed by atoms with Crippen LogP contribution in [0.3, 0.4) is 0 Å². The van der Waals surface area contributed by atoms with E-state index >= 15 is 0 Å². The van der Waals surface area contributed by atoms with E-state index in [0.29, 0.717) is 32.2 Å². The summed E-state index contributed by atoms with van der Waals surface area (Å²) in [6, 6.07) is 7.60. The maximum Gasteiger partial charge on any atom is 0.240 e. The van der Waals surface area contributed by atoms with Crippen molar-refractivity contribution in [3.63, 3.8) is 0 Å². The van der Waals surface area contributed by atoms with Gasteiger partial charge in [0.2, 0.25) is 11.8 Å². The third-order valence-electron chi connectivity index (χ3n) is 2.75. The molecule has 2 N–H and O–H groups in total. The van der Waals surface area contributed by atoms with Crippen LogP contribution in [0.15, 0.2) is 46.5 Å². The lowest BCUT2D eigenvalue weighted by Crippen LogP contribution is -2.23. The van der Waals surface area contributed by atoms with Crippen LogP contribution in [-0.2, 0) is 9.59 Å². The summed E-state index contributed by atoms with van der Waals surface area (Å²) >= 11 is 3.37. The van der Waals surface area contributed by atoms with E-state index in [0.717, 1.165) is 10.0 Å². The molecular formula is C16H20BrN3O2. The summed E-state index contributed by atoms with van der Waals surface area (Å²) in [5, 5.41) is 6.59. The van der Waals surface area contributed by atoms with Crippen molar-refractivity contribution in [2.75, 3.05) is 6.54 Å². The maximum absolute atomic E-state index is 11.6. The average Bonchev–Trinajstić information content (AvgIpc) is 2.49. The van der Waals surface area contributed by atoms with E-state index in [1.807, 2.05) is 24.3 Å². The van der Waals surface area contributed by atoms with Crippen LogP contribution in [0.4, 0.5) is 0 Å². The van der Waals surface area contributed by atoms with Crippen LogP contribution in [0.25, 0.3) is 0 Å². The highest BCUT2D eigenvalue weighted by Crippen LogP contribution is 2.09. The lowest BCUT2D eigenvalue weighted by molar-refractivity contribution is -0.122. The van der Waals surface area contributed by atoms with Gasteiger partial charge in [-0.15, -0.1) is 6.58 Å². The van der Waals surface area contributed by atoms with Crippen molar-refractivity contribution in [1.29, 1.82) is 0 Å². The standard InChI is InChI=1S/C16H20BrN3O2/c1-2-10-18-15(21)8-3-4-9-16(22)20-19-12-13-6-5-7-14(17)11-13/h2,5-7,11-12H,1,3-4,8-10H2,(H,18,21)(H,20,22). The van der Waals surface area contributed by atoms with Gasteiger partial charge < -0.3 is 5.32 Å². The molecule has 0 saturated heterocycles. The van der Waals surface area contributed by atoms with Gasteiger partial charge in [0.25, 0.3) is 0 Å². The molecule has 0 atom stereocenters. The van der Waals surface area contributed by atoms with Crippen molar-refractivity contribution in [3.8, 4) is 0 Å². The molecule has 2 amide bonds. The van der Waals surface area contributed by atoms with Gasteiger partial charge in [-0.05, 0) is 30.5 Å². The number of halogens is 1.